The molecule has 2 aromatic rings. The molecule has 0 radical (unpaired) electrons. The molecule has 1 aromatic carbocycles. The van der Waals surface area contributed by atoms with Gasteiger partial charge in [0.15, 0.2) is 0 Å². The van der Waals surface area contributed by atoms with E-state index >= 15 is 0 Å². The Morgan fingerprint density at radius 1 is 1.32 bits per heavy atom. The van der Waals surface area contributed by atoms with E-state index in [0.717, 1.165) is 6.42 Å². The Morgan fingerprint density at radius 3 is 2.64 bits per heavy atom. The summed E-state index contributed by atoms with van der Waals surface area (Å²) in [7, 11) is 0. The van der Waals surface area contributed by atoms with Crippen LogP contribution in [0.3, 0.4) is 0 Å². The lowest BCUT2D eigenvalue weighted by Gasteiger charge is -2.30. The average Bonchev–Trinajstić information content (AvgIpc) is 3.06. The van der Waals surface area contributed by atoms with Crippen LogP contribution in [0.5, 0.6) is 0 Å². The fraction of sp³-hybridized carbons (Fsp3) is 0.400. The van der Waals surface area contributed by atoms with Crippen LogP contribution < -0.4 is 5.32 Å². The summed E-state index contributed by atoms with van der Waals surface area (Å²) in [5.74, 6) is -1.60. The van der Waals surface area contributed by atoms with E-state index in [4.69, 9.17) is 0 Å². The number of aromatic nitrogens is 2. The summed E-state index contributed by atoms with van der Waals surface area (Å²) < 4.78 is 41.6. The maximum Gasteiger partial charge on any atom is 0.471 e. The van der Waals surface area contributed by atoms with Gasteiger partial charge in [-0.2, -0.15) is 18.2 Å². The van der Waals surface area contributed by atoms with Gasteiger partial charge in [-0.25, -0.2) is 4.79 Å². The number of piperidine rings is 1. The Labute approximate surface area is 140 Å². The molecule has 2 amide bonds. The second-order valence-electron chi connectivity index (χ2n) is 5.67. The van der Waals surface area contributed by atoms with Gasteiger partial charge in [0.1, 0.15) is 0 Å². The van der Waals surface area contributed by atoms with Gasteiger partial charge in [-0.3, -0.25) is 0 Å². The number of urea groups is 1. The molecule has 10 heteroatoms. The van der Waals surface area contributed by atoms with E-state index < -0.39 is 18.2 Å². The van der Waals surface area contributed by atoms with Crippen molar-refractivity contribution >= 4 is 11.7 Å². The minimum absolute atomic E-state index is 0.190. The molecular weight excluding hydrogens is 341 g/mol. The maximum absolute atomic E-state index is 12.5. The molecule has 1 atom stereocenters. The molecule has 1 aromatic heterocycles. The first kappa shape index (κ1) is 17.2. The number of alkyl halides is 3. The number of halogens is 3. The molecule has 0 bridgehead atoms. The van der Waals surface area contributed by atoms with Gasteiger partial charge in [0.25, 0.3) is 0 Å². The Morgan fingerprint density at radius 2 is 2.04 bits per heavy atom. The normalized spacial score (nSPS) is 18.2. The predicted molar refractivity (Wildman–Crippen MR) is 80.6 cm³/mol. The van der Waals surface area contributed by atoms with Crippen LogP contribution in [0, 0.1) is 0 Å². The van der Waals surface area contributed by atoms with E-state index in [9.17, 15) is 23.1 Å². The molecule has 0 saturated carbocycles. The molecule has 1 fully saturated rings. The van der Waals surface area contributed by atoms with Gasteiger partial charge in [-0.1, -0.05) is 5.16 Å². The van der Waals surface area contributed by atoms with Gasteiger partial charge in [0.2, 0.25) is 5.82 Å². The highest BCUT2D eigenvalue weighted by atomic mass is 19.4. The quantitative estimate of drug-likeness (QED) is 0.863. The monoisotopic (exact) mass is 356 g/mol. The Hall–Kier alpha value is -2.62. The van der Waals surface area contributed by atoms with Crippen LogP contribution in [0.1, 0.15) is 18.7 Å². The zero-order valence-electron chi connectivity index (χ0n) is 13.0. The maximum atomic E-state index is 12.5. The molecule has 134 valence electrons. The van der Waals surface area contributed by atoms with Crippen molar-refractivity contribution in [2.75, 3.05) is 18.4 Å². The van der Waals surface area contributed by atoms with Crippen LogP contribution in [0.2, 0.25) is 0 Å². The van der Waals surface area contributed by atoms with Crippen molar-refractivity contribution in [2.45, 2.75) is 25.1 Å². The Balaban J connectivity index is 1.66. The van der Waals surface area contributed by atoms with Crippen molar-refractivity contribution in [2.24, 2.45) is 0 Å². The number of amides is 2. The summed E-state index contributed by atoms with van der Waals surface area (Å²) in [6.45, 7) is 0.830. The van der Waals surface area contributed by atoms with E-state index in [2.05, 4.69) is 20.0 Å². The van der Waals surface area contributed by atoms with E-state index in [1.807, 2.05) is 0 Å². The van der Waals surface area contributed by atoms with Crippen LogP contribution in [0.15, 0.2) is 28.8 Å². The van der Waals surface area contributed by atoms with Gasteiger partial charge >= 0.3 is 18.1 Å². The van der Waals surface area contributed by atoms with Crippen molar-refractivity contribution in [1.29, 1.82) is 0 Å². The number of anilines is 1. The minimum atomic E-state index is -4.70. The Kier molecular flexibility index (Phi) is 4.62. The molecule has 1 unspecified atom stereocenters. The molecule has 1 aliphatic heterocycles. The number of nitrogens with zero attached hydrogens (tertiary/aromatic N) is 3. The zero-order valence-corrected chi connectivity index (χ0v) is 13.0. The fourth-order valence-corrected chi connectivity index (χ4v) is 2.50. The van der Waals surface area contributed by atoms with Crippen LogP contribution in [0.25, 0.3) is 11.4 Å². The first-order valence-electron chi connectivity index (χ1n) is 7.58. The number of carbonyl (C=O) groups excluding carboxylic acids is 1. The predicted octanol–water partition coefficient (Wildman–Crippen LogP) is 2.74. The van der Waals surface area contributed by atoms with Gasteiger partial charge in [-0.05, 0) is 37.1 Å². The third-order valence-electron chi connectivity index (χ3n) is 3.75. The number of hydrogen-bond acceptors (Lipinski definition) is 5. The summed E-state index contributed by atoms with van der Waals surface area (Å²) in [4.78, 5) is 16.9. The van der Waals surface area contributed by atoms with Crippen LogP contribution in [-0.4, -0.2) is 45.4 Å². The number of benzene rings is 1. The van der Waals surface area contributed by atoms with Crippen molar-refractivity contribution in [1.82, 2.24) is 15.0 Å². The van der Waals surface area contributed by atoms with E-state index in [1.54, 1.807) is 0 Å². The third kappa shape index (κ3) is 4.08. The number of rotatable bonds is 2. The highest BCUT2D eigenvalue weighted by Crippen LogP contribution is 2.29. The van der Waals surface area contributed by atoms with Crippen molar-refractivity contribution in [3.8, 4) is 11.4 Å². The lowest BCUT2D eigenvalue weighted by atomic mass is 10.1. The number of carbonyl (C=O) groups is 1. The molecule has 2 heterocycles. The van der Waals surface area contributed by atoms with Crippen molar-refractivity contribution in [3.05, 3.63) is 30.2 Å². The lowest BCUT2D eigenvalue weighted by molar-refractivity contribution is -0.159. The topological polar surface area (TPSA) is 91.5 Å². The third-order valence-corrected chi connectivity index (χ3v) is 3.75. The largest absolute Gasteiger partial charge is 0.471 e. The van der Waals surface area contributed by atoms with Gasteiger partial charge < -0.3 is 19.8 Å². The van der Waals surface area contributed by atoms with Gasteiger partial charge in [0, 0.05) is 24.3 Å². The van der Waals surface area contributed by atoms with Crippen molar-refractivity contribution < 1.29 is 27.6 Å². The van der Waals surface area contributed by atoms with E-state index in [1.165, 1.54) is 29.2 Å². The van der Waals surface area contributed by atoms with Gasteiger partial charge in [-0.15, -0.1) is 0 Å². The molecule has 7 nitrogen and oxygen atoms in total. The number of likely N-dealkylation sites (tertiary alicyclic amines) is 1. The summed E-state index contributed by atoms with van der Waals surface area (Å²) in [5.41, 5.74) is 0.791. The second kappa shape index (κ2) is 6.71. The van der Waals surface area contributed by atoms with E-state index in [-0.39, 0.29) is 18.4 Å². The zero-order chi connectivity index (χ0) is 18.0. The smallest absolute Gasteiger partial charge is 0.391 e. The van der Waals surface area contributed by atoms with Crippen molar-refractivity contribution in [3.63, 3.8) is 0 Å². The molecular formula is C15H15F3N4O3. The molecule has 0 aliphatic carbocycles. The first-order valence-corrected chi connectivity index (χ1v) is 7.58. The summed E-state index contributed by atoms with van der Waals surface area (Å²) in [6, 6.07) is 5.66. The minimum Gasteiger partial charge on any atom is -0.391 e. The highest BCUT2D eigenvalue weighted by molar-refractivity contribution is 5.89. The Bertz CT molecular complexity index is 745. The van der Waals surface area contributed by atoms with Crippen LogP contribution in [0.4, 0.5) is 23.7 Å². The fourth-order valence-electron chi connectivity index (χ4n) is 2.50. The molecule has 1 aliphatic rings. The summed E-state index contributed by atoms with van der Waals surface area (Å²) >= 11 is 0. The number of aliphatic hydroxyl groups excluding tert-OH is 1. The van der Waals surface area contributed by atoms with Crippen LogP contribution in [-0.2, 0) is 6.18 Å². The second-order valence-corrected chi connectivity index (χ2v) is 5.67. The summed E-state index contributed by atoms with van der Waals surface area (Å²) in [5, 5.41) is 15.6. The molecule has 0 spiro atoms. The average molecular weight is 356 g/mol. The molecule has 1 saturated heterocycles. The highest BCUT2D eigenvalue weighted by Gasteiger charge is 2.38. The standard InChI is InChI=1S/C15H15F3N4O3/c16-15(17,18)13-20-12(21-25-13)9-3-5-10(6-4-9)19-14(24)22-7-1-2-11(23)8-22/h3-6,11,23H,1-2,7-8H2,(H,19,24). The summed E-state index contributed by atoms with van der Waals surface area (Å²) in [6.07, 6.45) is -3.82. The molecule has 2 N–H and O–H groups in total. The molecule has 25 heavy (non-hydrogen) atoms. The number of hydrogen-bond donors (Lipinski definition) is 2. The van der Waals surface area contributed by atoms with Crippen LogP contribution >= 0.6 is 0 Å². The SMILES string of the molecule is O=C(Nc1ccc(-c2noc(C(F)(F)F)n2)cc1)N1CCCC(O)C1. The number of aliphatic hydroxyl groups is 1. The molecule has 3 rings (SSSR count). The lowest BCUT2D eigenvalue weighted by Crippen LogP contribution is -2.44. The van der Waals surface area contributed by atoms with E-state index in [0.29, 0.717) is 24.2 Å². The number of nitrogens with one attached hydrogen (secondary N) is 1. The van der Waals surface area contributed by atoms with Gasteiger partial charge in [0.05, 0.1) is 6.10 Å². The first-order chi connectivity index (χ1) is 11.8. The number of β-amino-alcohol motifs (C(OH)–C–C–N with tert-alkyl or cyclic N) is 1.